The van der Waals surface area contributed by atoms with Crippen LogP contribution in [0.25, 0.3) is 6.08 Å². The number of anilines is 1. The normalized spacial score (nSPS) is 11.1. The molecule has 0 aliphatic rings. The summed E-state index contributed by atoms with van der Waals surface area (Å²) in [5, 5.41) is 11.2. The summed E-state index contributed by atoms with van der Waals surface area (Å²) >= 11 is 3.09. The fraction of sp³-hybridized carbons (Fsp3) is 0. The molecule has 1 aromatic rings. The van der Waals surface area contributed by atoms with Gasteiger partial charge in [0.2, 0.25) is 0 Å². The number of amides is 1. The number of nitrogens with two attached hydrogens (primary N) is 1. The zero-order valence-electron chi connectivity index (χ0n) is 7.35. The van der Waals surface area contributed by atoms with Crippen LogP contribution in [0.1, 0.15) is 5.56 Å². The Balaban J connectivity index is 3.12. The van der Waals surface area contributed by atoms with Gasteiger partial charge in [0.15, 0.2) is 5.76 Å². The van der Waals surface area contributed by atoms with Gasteiger partial charge in [-0.1, -0.05) is 0 Å². The van der Waals surface area contributed by atoms with Crippen molar-refractivity contribution in [1.82, 2.24) is 4.98 Å². The molecule has 0 atom stereocenters. The number of aromatic nitrogens is 1. The van der Waals surface area contributed by atoms with Crippen LogP contribution in [-0.2, 0) is 4.79 Å². The van der Waals surface area contributed by atoms with E-state index in [4.69, 9.17) is 10.8 Å². The smallest absolute Gasteiger partial charge is 0.350 e. The van der Waals surface area contributed by atoms with E-state index in [9.17, 15) is 9.70 Å². The van der Waals surface area contributed by atoms with Crippen molar-refractivity contribution in [2.45, 2.75) is 0 Å². The quantitative estimate of drug-likeness (QED) is 0.368. The van der Waals surface area contributed by atoms with Gasteiger partial charge in [-0.25, -0.2) is 4.98 Å². The zero-order chi connectivity index (χ0) is 11.4. The average Bonchev–Trinajstić information content (AvgIpc) is 2.22. The summed E-state index contributed by atoms with van der Waals surface area (Å²) in [5.41, 5.74) is 6.15. The van der Waals surface area contributed by atoms with Crippen LogP contribution in [0.3, 0.4) is 0 Å². The molecule has 78 valence electrons. The molecule has 6 nitrogen and oxygen atoms in total. The number of pyridine rings is 1. The van der Waals surface area contributed by atoms with E-state index in [2.05, 4.69) is 26.1 Å². The van der Waals surface area contributed by atoms with Crippen LogP contribution < -0.4 is 5.73 Å². The first-order valence-electron chi connectivity index (χ1n) is 3.74. The van der Waals surface area contributed by atoms with E-state index in [0.29, 0.717) is 10.2 Å². The highest BCUT2D eigenvalue weighted by Crippen LogP contribution is 2.18. The minimum Gasteiger partial charge on any atom is -0.503 e. The topological polar surface area (TPSA) is 106 Å². The number of carbonyl (C=O) groups is 1. The third-order valence-corrected chi connectivity index (χ3v) is 1.96. The van der Waals surface area contributed by atoms with Crippen LogP contribution in [-0.4, -0.2) is 16.0 Å². The van der Waals surface area contributed by atoms with E-state index in [1.165, 1.54) is 12.3 Å². The number of hydrogen-bond donors (Lipinski definition) is 2. The van der Waals surface area contributed by atoms with Crippen LogP contribution in [0.15, 0.2) is 27.8 Å². The van der Waals surface area contributed by atoms with Crippen molar-refractivity contribution in [3.05, 3.63) is 33.1 Å². The van der Waals surface area contributed by atoms with E-state index in [0.717, 1.165) is 6.08 Å². The zero-order valence-corrected chi connectivity index (χ0v) is 8.93. The van der Waals surface area contributed by atoms with Gasteiger partial charge in [-0.15, -0.1) is 4.91 Å². The van der Waals surface area contributed by atoms with E-state index < -0.39 is 11.7 Å². The Kier molecular flexibility index (Phi) is 3.51. The second-order valence-electron chi connectivity index (χ2n) is 2.56. The fourth-order valence-electron chi connectivity index (χ4n) is 0.835. The highest BCUT2D eigenvalue weighted by atomic mass is 79.9. The molecule has 1 amide bonds. The lowest BCUT2D eigenvalue weighted by Crippen LogP contribution is -1.98. The molecule has 0 saturated carbocycles. The average molecular weight is 272 g/mol. The second kappa shape index (κ2) is 4.65. The minimum absolute atomic E-state index is 0.267. The van der Waals surface area contributed by atoms with Gasteiger partial charge in [0.25, 0.3) is 0 Å². The number of aliphatic hydroxyl groups is 1. The Morgan fingerprint density at radius 1 is 1.67 bits per heavy atom. The molecule has 0 fully saturated rings. The van der Waals surface area contributed by atoms with Gasteiger partial charge in [-0.2, -0.15) is 0 Å². The number of carbonyl (C=O) groups excluding carboxylic acids is 1. The van der Waals surface area contributed by atoms with Gasteiger partial charge in [-0.05, 0) is 28.1 Å². The van der Waals surface area contributed by atoms with E-state index >= 15 is 0 Å². The summed E-state index contributed by atoms with van der Waals surface area (Å²) in [5.74, 6) is -2.02. The molecule has 1 aromatic heterocycles. The van der Waals surface area contributed by atoms with E-state index in [1.54, 1.807) is 0 Å². The standard InChI is InChI=1S/C8H6BrN3O3/c9-7-2-4(5(10)3-11-7)1-6(13)8(14)12-15/h1-3,13H,10H2/b6-1+. The molecule has 0 radical (unpaired) electrons. The maximum atomic E-state index is 10.6. The Morgan fingerprint density at radius 3 is 2.93 bits per heavy atom. The lowest BCUT2D eigenvalue weighted by molar-refractivity contribution is -0.116. The number of nitrogens with zero attached hydrogens (tertiary/aromatic N) is 2. The molecule has 0 bridgehead atoms. The number of nitroso groups, excluding NO2 is 1. The van der Waals surface area contributed by atoms with Gasteiger partial charge in [-0.3, -0.25) is 4.79 Å². The predicted octanol–water partition coefficient (Wildman–Crippen LogP) is 1.62. The van der Waals surface area contributed by atoms with Gasteiger partial charge in [0, 0.05) is 10.7 Å². The van der Waals surface area contributed by atoms with Crippen LogP contribution in [0.2, 0.25) is 0 Å². The Hall–Kier alpha value is -1.76. The van der Waals surface area contributed by atoms with E-state index in [1.807, 2.05) is 0 Å². The van der Waals surface area contributed by atoms with Crippen molar-refractivity contribution < 1.29 is 9.90 Å². The molecule has 3 N–H and O–H groups in total. The molecule has 15 heavy (non-hydrogen) atoms. The number of halogens is 1. The maximum Gasteiger partial charge on any atom is 0.350 e. The second-order valence-corrected chi connectivity index (χ2v) is 3.37. The first-order valence-corrected chi connectivity index (χ1v) is 4.53. The molecule has 7 heteroatoms. The van der Waals surface area contributed by atoms with Crippen molar-refractivity contribution in [2.24, 2.45) is 5.18 Å². The molecule has 0 aromatic carbocycles. The van der Waals surface area contributed by atoms with Crippen molar-refractivity contribution in [1.29, 1.82) is 0 Å². The Bertz CT molecular complexity index is 445. The maximum absolute atomic E-state index is 10.6. The molecule has 0 aliphatic heterocycles. The summed E-state index contributed by atoms with van der Waals surface area (Å²) in [6.07, 6.45) is 2.40. The first kappa shape index (κ1) is 11.3. The summed E-state index contributed by atoms with van der Waals surface area (Å²) in [6, 6.07) is 1.49. The van der Waals surface area contributed by atoms with Crippen LogP contribution in [0, 0.1) is 4.91 Å². The first-order chi connectivity index (χ1) is 7.04. The Labute approximate surface area is 92.9 Å². The largest absolute Gasteiger partial charge is 0.503 e. The van der Waals surface area contributed by atoms with Crippen molar-refractivity contribution >= 4 is 33.6 Å². The van der Waals surface area contributed by atoms with Crippen molar-refractivity contribution in [3.8, 4) is 0 Å². The molecule has 0 unspecified atom stereocenters. The highest BCUT2D eigenvalue weighted by Gasteiger charge is 2.08. The lowest BCUT2D eigenvalue weighted by Gasteiger charge is -2.00. The molecule has 1 rings (SSSR count). The van der Waals surface area contributed by atoms with Gasteiger partial charge in [0.05, 0.1) is 11.9 Å². The summed E-state index contributed by atoms with van der Waals surface area (Å²) in [4.78, 5) is 24.3. The van der Waals surface area contributed by atoms with Gasteiger partial charge < -0.3 is 10.8 Å². The molecule has 0 aliphatic carbocycles. The third-order valence-electron chi connectivity index (χ3n) is 1.53. The van der Waals surface area contributed by atoms with Crippen molar-refractivity contribution in [2.75, 3.05) is 5.73 Å². The molecule has 0 saturated heterocycles. The van der Waals surface area contributed by atoms with Gasteiger partial charge >= 0.3 is 5.91 Å². The van der Waals surface area contributed by atoms with Crippen LogP contribution >= 0.6 is 15.9 Å². The molecular formula is C8H6BrN3O3. The molecule has 1 heterocycles. The number of hydrogen-bond acceptors (Lipinski definition) is 5. The van der Waals surface area contributed by atoms with Crippen LogP contribution in [0.5, 0.6) is 0 Å². The third kappa shape index (κ3) is 2.84. The summed E-state index contributed by atoms with van der Waals surface area (Å²) in [6.45, 7) is 0. The van der Waals surface area contributed by atoms with E-state index in [-0.39, 0.29) is 5.69 Å². The Morgan fingerprint density at radius 2 is 2.33 bits per heavy atom. The summed E-state index contributed by atoms with van der Waals surface area (Å²) in [7, 11) is 0. The molecule has 0 spiro atoms. The van der Waals surface area contributed by atoms with Gasteiger partial charge in [0.1, 0.15) is 4.60 Å². The minimum atomic E-state index is -1.25. The highest BCUT2D eigenvalue weighted by molar-refractivity contribution is 9.10. The number of rotatable bonds is 2. The summed E-state index contributed by atoms with van der Waals surface area (Å²) < 4.78 is 0.488. The molecular weight excluding hydrogens is 266 g/mol. The predicted molar refractivity (Wildman–Crippen MR) is 57.8 cm³/mol. The van der Waals surface area contributed by atoms with Crippen LogP contribution in [0.4, 0.5) is 5.69 Å². The lowest BCUT2D eigenvalue weighted by atomic mass is 10.2. The van der Waals surface area contributed by atoms with Crippen molar-refractivity contribution in [3.63, 3.8) is 0 Å². The number of nitrogen functional groups attached to an aromatic ring is 1. The fourth-order valence-corrected chi connectivity index (χ4v) is 1.18. The monoisotopic (exact) mass is 271 g/mol. The number of aliphatic hydroxyl groups excluding tert-OH is 1. The SMILES string of the molecule is Nc1cnc(Br)cc1/C=C(/O)C(=O)N=O.